The number of fused-ring (bicyclic) bond motifs is 3. The third-order valence-electron chi connectivity index (χ3n) is 4.49. The highest BCUT2D eigenvalue weighted by atomic mass is 16.2. The summed E-state index contributed by atoms with van der Waals surface area (Å²) in [5.74, 6) is 0.206. The molecule has 1 fully saturated rings. The first-order valence-electron chi connectivity index (χ1n) is 7.28. The minimum absolute atomic E-state index is 0.206. The van der Waals surface area contributed by atoms with Crippen molar-refractivity contribution in [3.63, 3.8) is 0 Å². The van der Waals surface area contributed by atoms with Gasteiger partial charge in [0.2, 0.25) is 0 Å². The average molecular weight is 267 g/mol. The van der Waals surface area contributed by atoms with E-state index in [1.165, 1.54) is 18.4 Å². The lowest BCUT2D eigenvalue weighted by Crippen LogP contribution is -2.27. The van der Waals surface area contributed by atoms with Gasteiger partial charge in [-0.15, -0.1) is 0 Å². The van der Waals surface area contributed by atoms with Crippen LogP contribution in [-0.4, -0.2) is 27.5 Å². The normalized spacial score (nSPS) is 21.5. The minimum Gasteiger partial charge on any atom is -0.332 e. The second kappa shape index (κ2) is 4.47. The van der Waals surface area contributed by atoms with Crippen molar-refractivity contribution in [1.29, 1.82) is 0 Å². The van der Waals surface area contributed by atoms with E-state index >= 15 is 0 Å². The van der Waals surface area contributed by atoms with Crippen molar-refractivity contribution in [2.75, 3.05) is 6.54 Å². The molecule has 0 radical (unpaired) electrons. The van der Waals surface area contributed by atoms with Gasteiger partial charge in [0.15, 0.2) is 0 Å². The first-order valence-corrected chi connectivity index (χ1v) is 7.28. The lowest BCUT2D eigenvalue weighted by Gasteiger charge is -2.22. The number of rotatable bonds is 1. The van der Waals surface area contributed by atoms with Crippen LogP contribution < -0.4 is 0 Å². The highest BCUT2D eigenvalue weighted by Gasteiger charge is 2.36. The largest absolute Gasteiger partial charge is 0.332 e. The molecule has 0 spiro atoms. The van der Waals surface area contributed by atoms with E-state index in [0.717, 1.165) is 36.1 Å². The van der Waals surface area contributed by atoms with Gasteiger partial charge >= 0.3 is 0 Å². The zero-order chi connectivity index (χ0) is 13.5. The Labute approximate surface area is 117 Å². The Kier molecular flexibility index (Phi) is 2.62. The number of hydrogen-bond acceptors (Lipinski definition) is 2. The van der Waals surface area contributed by atoms with E-state index in [1.807, 2.05) is 12.3 Å². The fourth-order valence-electron chi connectivity index (χ4n) is 3.45. The summed E-state index contributed by atoms with van der Waals surface area (Å²) >= 11 is 0. The first-order chi connectivity index (χ1) is 9.84. The summed E-state index contributed by atoms with van der Waals surface area (Å²) in [7, 11) is 0. The number of nitrogens with zero attached hydrogens (tertiary/aromatic N) is 2. The van der Waals surface area contributed by atoms with Crippen molar-refractivity contribution in [2.24, 2.45) is 0 Å². The summed E-state index contributed by atoms with van der Waals surface area (Å²) in [6.07, 6.45) is 8.34. The molecular formula is C16H17N3O. The van der Waals surface area contributed by atoms with Crippen LogP contribution in [0.4, 0.5) is 0 Å². The number of aromatic nitrogens is 2. The molecule has 2 aliphatic rings. The molecule has 20 heavy (non-hydrogen) atoms. The summed E-state index contributed by atoms with van der Waals surface area (Å²) < 4.78 is 0. The second-order valence-electron chi connectivity index (χ2n) is 5.65. The predicted molar refractivity (Wildman–Crippen MR) is 76.3 cm³/mol. The maximum atomic E-state index is 12.6. The minimum atomic E-state index is 0.206. The molecule has 102 valence electrons. The van der Waals surface area contributed by atoms with Crippen LogP contribution in [-0.2, 0) is 0 Å². The van der Waals surface area contributed by atoms with Gasteiger partial charge in [0, 0.05) is 23.9 Å². The molecule has 1 atom stereocenters. The first kappa shape index (κ1) is 11.7. The third kappa shape index (κ3) is 1.68. The van der Waals surface area contributed by atoms with Gasteiger partial charge in [0.1, 0.15) is 0 Å². The van der Waals surface area contributed by atoms with Gasteiger partial charge in [-0.3, -0.25) is 9.89 Å². The maximum absolute atomic E-state index is 12.6. The zero-order valence-electron chi connectivity index (χ0n) is 11.3. The Morgan fingerprint density at radius 1 is 1.20 bits per heavy atom. The van der Waals surface area contributed by atoms with Crippen LogP contribution in [0.5, 0.6) is 0 Å². The highest BCUT2D eigenvalue weighted by molar-refractivity contribution is 6.00. The SMILES string of the molecule is O=C1c2cc(-c3cn[nH]c3)ccc2C2CCCCCN12. The van der Waals surface area contributed by atoms with E-state index < -0.39 is 0 Å². The molecule has 1 unspecified atom stereocenters. The van der Waals surface area contributed by atoms with Crippen LogP contribution in [0.15, 0.2) is 30.6 Å². The molecule has 2 aliphatic heterocycles. The molecule has 0 saturated carbocycles. The van der Waals surface area contributed by atoms with Gasteiger partial charge in [0.05, 0.1) is 12.2 Å². The summed E-state index contributed by atoms with van der Waals surface area (Å²) in [5, 5.41) is 6.80. The van der Waals surface area contributed by atoms with Crippen molar-refractivity contribution in [1.82, 2.24) is 15.1 Å². The molecule has 2 aromatic rings. The van der Waals surface area contributed by atoms with Crippen molar-refractivity contribution in [2.45, 2.75) is 31.7 Å². The monoisotopic (exact) mass is 267 g/mol. The summed E-state index contributed by atoms with van der Waals surface area (Å²) in [6.45, 7) is 0.902. The van der Waals surface area contributed by atoms with Crippen molar-refractivity contribution in [3.8, 4) is 11.1 Å². The van der Waals surface area contributed by atoms with Crippen LogP contribution in [0, 0.1) is 0 Å². The van der Waals surface area contributed by atoms with Crippen molar-refractivity contribution >= 4 is 5.91 Å². The Balaban J connectivity index is 1.78. The number of amides is 1. The Bertz CT molecular complexity index is 648. The summed E-state index contributed by atoms with van der Waals surface area (Å²) in [5.41, 5.74) is 4.19. The number of benzene rings is 1. The topological polar surface area (TPSA) is 49.0 Å². The van der Waals surface area contributed by atoms with Crippen LogP contribution >= 0.6 is 0 Å². The maximum Gasteiger partial charge on any atom is 0.254 e. The standard InChI is InChI=1S/C16H17N3O/c20-16-14-8-11(12-9-17-18-10-12)5-6-13(14)15-4-2-1-3-7-19(15)16/h5-6,8-10,15H,1-4,7H2,(H,17,18). The lowest BCUT2D eigenvalue weighted by atomic mass is 9.97. The Morgan fingerprint density at radius 3 is 3.00 bits per heavy atom. The van der Waals surface area contributed by atoms with Gasteiger partial charge in [-0.1, -0.05) is 25.0 Å². The molecule has 1 aromatic carbocycles. The molecule has 3 heterocycles. The third-order valence-corrected chi connectivity index (χ3v) is 4.49. The molecule has 1 saturated heterocycles. The Hall–Kier alpha value is -2.10. The van der Waals surface area contributed by atoms with Crippen LogP contribution in [0.25, 0.3) is 11.1 Å². The van der Waals surface area contributed by atoms with Crippen molar-refractivity contribution < 1.29 is 4.79 Å². The van der Waals surface area contributed by atoms with Crippen LogP contribution in [0.3, 0.4) is 0 Å². The molecule has 0 bridgehead atoms. The fraction of sp³-hybridized carbons (Fsp3) is 0.375. The molecule has 4 rings (SSSR count). The molecule has 1 aromatic heterocycles. The van der Waals surface area contributed by atoms with Crippen LogP contribution in [0.1, 0.15) is 47.6 Å². The number of H-pyrrole nitrogens is 1. The number of carbonyl (C=O) groups excluding carboxylic acids is 1. The molecular weight excluding hydrogens is 250 g/mol. The van der Waals surface area contributed by atoms with Gasteiger partial charge in [-0.25, -0.2) is 0 Å². The lowest BCUT2D eigenvalue weighted by molar-refractivity contribution is 0.0730. The number of nitrogens with one attached hydrogen (secondary N) is 1. The van der Waals surface area contributed by atoms with Gasteiger partial charge in [0.25, 0.3) is 5.91 Å². The number of carbonyl (C=O) groups is 1. The summed E-state index contributed by atoms with van der Waals surface area (Å²) in [4.78, 5) is 14.7. The van der Waals surface area contributed by atoms with Gasteiger partial charge in [-0.2, -0.15) is 5.10 Å². The van der Waals surface area contributed by atoms with E-state index in [1.54, 1.807) is 6.20 Å². The molecule has 1 N–H and O–H groups in total. The summed E-state index contributed by atoms with van der Waals surface area (Å²) in [6, 6.07) is 6.56. The molecule has 0 aliphatic carbocycles. The average Bonchev–Trinajstić information content (AvgIpc) is 3.01. The highest BCUT2D eigenvalue weighted by Crippen LogP contribution is 2.40. The quantitative estimate of drug-likeness (QED) is 0.862. The van der Waals surface area contributed by atoms with E-state index in [2.05, 4.69) is 27.2 Å². The van der Waals surface area contributed by atoms with Gasteiger partial charge in [-0.05, 0) is 30.0 Å². The molecule has 4 heteroatoms. The molecule has 4 nitrogen and oxygen atoms in total. The number of aromatic amines is 1. The van der Waals surface area contributed by atoms with E-state index in [4.69, 9.17) is 0 Å². The zero-order valence-corrected chi connectivity index (χ0v) is 11.3. The van der Waals surface area contributed by atoms with Crippen molar-refractivity contribution in [3.05, 3.63) is 41.7 Å². The van der Waals surface area contributed by atoms with E-state index in [-0.39, 0.29) is 5.91 Å². The molecule has 1 amide bonds. The van der Waals surface area contributed by atoms with Gasteiger partial charge < -0.3 is 4.90 Å². The van der Waals surface area contributed by atoms with E-state index in [0.29, 0.717) is 6.04 Å². The second-order valence-corrected chi connectivity index (χ2v) is 5.65. The number of hydrogen-bond donors (Lipinski definition) is 1. The van der Waals surface area contributed by atoms with Crippen LogP contribution in [0.2, 0.25) is 0 Å². The Morgan fingerprint density at radius 2 is 2.15 bits per heavy atom. The fourth-order valence-corrected chi connectivity index (χ4v) is 3.45. The smallest absolute Gasteiger partial charge is 0.254 e. The predicted octanol–water partition coefficient (Wildman–Crippen LogP) is 3.15. The van der Waals surface area contributed by atoms with E-state index in [9.17, 15) is 4.79 Å².